The van der Waals surface area contributed by atoms with Gasteiger partial charge in [-0.2, -0.15) is 4.98 Å². The lowest BCUT2D eigenvalue weighted by Crippen LogP contribution is -2.53. The van der Waals surface area contributed by atoms with Crippen LogP contribution in [-0.2, 0) is 41.0 Å². The number of piperidine rings is 2. The van der Waals surface area contributed by atoms with Crippen LogP contribution in [0.2, 0.25) is 0 Å². The molecule has 0 spiro atoms. The first-order valence-corrected chi connectivity index (χ1v) is 23.3. The van der Waals surface area contributed by atoms with Crippen molar-refractivity contribution in [3.63, 3.8) is 0 Å². The number of nitrogens with zero attached hydrogens (tertiary/aromatic N) is 9. The number of benzene rings is 2. The Kier molecular flexibility index (Phi) is 10.6. The number of aryl methyl sites for hydroxylation is 1. The number of pyridine rings is 1. The van der Waals surface area contributed by atoms with Crippen molar-refractivity contribution in [1.29, 1.82) is 0 Å². The molecule has 0 bridgehead atoms. The number of carbonyl (C=O) groups is 2. The minimum absolute atomic E-state index is 0.225. The number of fused-ring (bicyclic) bond motifs is 5. The number of anilines is 3. The van der Waals surface area contributed by atoms with Gasteiger partial charge in [-0.15, -0.1) is 6.58 Å². The Hall–Kier alpha value is -6.23. The molecule has 16 nitrogen and oxygen atoms in total. The molecular formula is C49H55N11O5. The van der Waals surface area contributed by atoms with Gasteiger partial charge in [0, 0.05) is 73.7 Å². The summed E-state index contributed by atoms with van der Waals surface area (Å²) in [5, 5.41) is 22.7. The standard InChI is InChI=1S/C49H55N11O5/c1-3-19-59-47(63)39-28-50-48(54-45(39)60(59)40-13-6-31-15-18-49(64,4-2)44(31)52-40)51-33-7-9-34(10-8-33)57-22-24-58(25-23-57)35-16-20-56(21-17-35)29-30-26-32-5-11-36-42(55-65-43(36)38(32)27-30)37-12-14-41(61)53-46(37)62/h3,5-11,13,28,30,35,37,64H,1,4,12,14-27,29H2,2H3,(H,50,51,54)(H,53,61,62)/t30?,37?,49-/m1/s1. The van der Waals surface area contributed by atoms with Crippen LogP contribution < -0.4 is 21.1 Å². The number of aromatic nitrogens is 6. The Labute approximate surface area is 376 Å². The maximum absolute atomic E-state index is 13.6. The Balaban J connectivity index is 0.685. The lowest BCUT2D eigenvalue weighted by atomic mass is 9.92. The highest BCUT2D eigenvalue weighted by molar-refractivity contribution is 6.02. The second-order valence-electron chi connectivity index (χ2n) is 18.6. The molecule has 5 aliphatic rings. The number of imide groups is 1. The highest BCUT2D eigenvalue weighted by Crippen LogP contribution is 2.40. The molecule has 3 saturated heterocycles. The van der Waals surface area contributed by atoms with Crippen LogP contribution in [0.5, 0.6) is 0 Å². The fourth-order valence-corrected chi connectivity index (χ4v) is 11.2. The third kappa shape index (κ3) is 7.50. The molecule has 2 aliphatic carbocycles. The van der Waals surface area contributed by atoms with Gasteiger partial charge in [-0.3, -0.25) is 24.6 Å². The van der Waals surface area contributed by atoms with E-state index in [1.54, 1.807) is 21.6 Å². The minimum Gasteiger partial charge on any atom is -0.384 e. The van der Waals surface area contributed by atoms with E-state index in [9.17, 15) is 19.5 Å². The third-order valence-electron chi connectivity index (χ3n) is 14.8. The van der Waals surface area contributed by atoms with E-state index in [2.05, 4.69) is 66.3 Å². The normalized spacial score (nSPS) is 23.0. The zero-order valence-corrected chi connectivity index (χ0v) is 36.8. The number of aliphatic hydroxyl groups is 1. The molecular weight excluding hydrogens is 823 g/mol. The monoisotopic (exact) mass is 877 g/mol. The molecule has 336 valence electrons. The number of carbonyl (C=O) groups excluding carboxylic acids is 2. The molecule has 3 N–H and O–H groups in total. The number of nitrogens with one attached hydrogen (secondary N) is 2. The minimum atomic E-state index is -0.991. The predicted molar refractivity (Wildman–Crippen MR) is 247 cm³/mol. The van der Waals surface area contributed by atoms with Crippen LogP contribution >= 0.6 is 0 Å². The van der Waals surface area contributed by atoms with E-state index in [-0.39, 0.29) is 23.9 Å². The zero-order chi connectivity index (χ0) is 44.4. The van der Waals surface area contributed by atoms with Gasteiger partial charge in [0.25, 0.3) is 5.56 Å². The molecule has 4 aromatic heterocycles. The maximum atomic E-state index is 13.6. The van der Waals surface area contributed by atoms with Gasteiger partial charge in [-0.25, -0.2) is 19.3 Å². The van der Waals surface area contributed by atoms with Gasteiger partial charge in [-0.05, 0) is 118 Å². The summed E-state index contributed by atoms with van der Waals surface area (Å²) >= 11 is 0. The van der Waals surface area contributed by atoms with Crippen molar-refractivity contribution in [2.45, 2.75) is 88.8 Å². The second-order valence-corrected chi connectivity index (χ2v) is 18.6. The van der Waals surface area contributed by atoms with Crippen LogP contribution in [0, 0.1) is 5.92 Å². The molecule has 65 heavy (non-hydrogen) atoms. The van der Waals surface area contributed by atoms with Gasteiger partial charge >= 0.3 is 0 Å². The van der Waals surface area contributed by atoms with Crippen molar-refractivity contribution >= 4 is 51.1 Å². The zero-order valence-electron chi connectivity index (χ0n) is 36.8. The quantitative estimate of drug-likeness (QED) is 0.116. The number of likely N-dealkylation sites (tertiary alicyclic amines) is 1. The summed E-state index contributed by atoms with van der Waals surface area (Å²) in [4.78, 5) is 59.9. The summed E-state index contributed by atoms with van der Waals surface area (Å²) in [6, 6.07) is 17.1. The largest absolute Gasteiger partial charge is 0.384 e. The second kappa shape index (κ2) is 16.6. The molecule has 3 fully saturated rings. The van der Waals surface area contributed by atoms with E-state index in [1.165, 1.54) is 29.7 Å². The summed E-state index contributed by atoms with van der Waals surface area (Å²) in [5.74, 6) is 0.439. The van der Waals surface area contributed by atoms with Crippen LogP contribution in [0.25, 0.3) is 27.8 Å². The average Bonchev–Trinajstić information content (AvgIpc) is 4.09. The summed E-state index contributed by atoms with van der Waals surface area (Å²) < 4.78 is 9.16. The molecule has 2 unspecified atom stereocenters. The molecule has 3 atom stereocenters. The average molecular weight is 878 g/mol. The Morgan fingerprint density at radius 2 is 1.72 bits per heavy atom. The van der Waals surface area contributed by atoms with Crippen LogP contribution in [0.15, 0.2) is 76.7 Å². The molecule has 0 saturated carbocycles. The smallest absolute Gasteiger partial charge is 0.278 e. The molecule has 0 radical (unpaired) electrons. The Morgan fingerprint density at radius 3 is 2.49 bits per heavy atom. The molecule has 2 aromatic carbocycles. The number of allylic oxidation sites excluding steroid dienone is 1. The van der Waals surface area contributed by atoms with E-state index in [0.717, 1.165) is 87.3 Å². The molecule has 2 amide bonds. The molecule has 11 rings (SSSR count). The summed E-state index contributed by atoms with van der Waals surface area (Å²) in [6.45, 7) is 13.4. The number of hydrogen-bond acceptors (Lipinski definition) is 13. The van der Waals surface area contributed by atoms with Crippen molar-refractivity contribution in [3.05, 3.63) is 106 Å². The fourth-order valence-electron chi connectivity index (χ4n) is 11.2. The number of rotatable bonds is 11. The lowest BCUT2D eigenvalue weighted by Gasteiger charge is -2.43. The van der Waals surface area contributed by atoms with Gasteiger partial charge < -0.3 is 24.7 Å². The predicted octanol–water partition coefficient (Wildman–Crippen LogP) is 5.11. The highest BCUT2D eigenvalue weighted by atomic mass is 16.5. The van der Waals surface area contributed by atoms with E-state index in [4.69, 9.17) is 14.5 Å². The first-order chi connectivity index (χ1) is 31.7. The number of amides is 2. The van der Waals surface area contributed by atoms with E-state index in [1.807, 2.05) is 31.2 Å². The van der Waals surface area contributed by atoms with E-state index < -0.39 is 11.5 Å². The number of hydrogen-bond donors (Lipinski definition) is 3. The van der Waals surface area contributed by atoms with Gasteiger partial charge in [0.05, 0.1) is 18.2 Å². The van der Waals surface area contributed by atoms with Gasteiger partial charge in [0.2, 0.25) is 17.8 Å². The molecule has 3 aliphatic heterocycles. The first kappa shape index (κ1) is 41.5. The van der Waals surface area contributed by atoms with Crippen LogP contribution in [-0.4, -0.2) is 108 Å². The lowest BCUT2D eigenvalue weighted by molar-refractivity contribution is -0.134. The number of piperazine rings is 1. The van der Waals surface area contributed by atoms with Crippen molar-refractivity contribution < 1.29 is 19.2 Å². The third-order valence-corrected chi connectivity index (χ3v) is 14.8. The summed E-state index contributed by atoms with van der Waals surface area (Å²) in [7, 11) is 0. The maximum Gasteiger partial charge on any atom is 0.278 e. The summed E-state index contributed by atoms with van der Waals surface area (Å²) in [5.41, 5.74) is 6.91. The first-order valence-electron chi connectivity index (χ1n) is 23.3. The van der Waals surface area contributed by atoms with E-state index >= 15 is 0 Å². The van der Waals surface area contributed by atoms with E-state index in [0.29, 0.717) is 71.8 Å². The van der Waals surface area contributed by atoms with Gasteiger partial charge in [-0.1, -0.05) is 30.3 Å². The highest BCUT2D eigenvalue weighted by Gasteiger charge is 2.38. The summed E-state index contributed by atoms with van der Waals surface area (Å²) in [6.07, 6.45) is 10.3. The van der Waals surface area contributed by atoms with Crippen molar-refractivity contribution in [3.8, 4) is 5.82 Å². The van der Waals surface area contributed by atoms with Gasteiger partial charge in [0.1, 0.15) is 16.7 Å². The SMILES string of the molecule is C=CCn1c(=O)c2cnc(Nc3ccc(N4CCN(C5CCN(CC6Cc7ccc8c(C9CCC(=O)NC9=O)noc8c7C6)CC5)CC4)cc3)nc2n1-c1ccc2c(n1)[C@@](O)(CC)CC2. The van der Waals surface area contributed by atoms with Crippen molar-refractivity contribution in [1.82, 2.24) is 44.6 Å². The molecule has 16 heteroatoms. The molecule has 7 heterocycles. The Bertz CT molecular complexity index is 2890. The van der Waals surface area contributed by atoms with Crippen molar-refractivity contribution in [2.24, 2.45) is 5.92 Å². The van der Waals surface area contributed by atoms with Crippen molar-refractivity contribution in [2.75, 3.05) is 56.0 Å². The topological polar surface area (TPSA) is 180 Å². The van der Waals surface area contributed by atoms with Crippen LogP contribution in [0.3, 0.4) is 0 Å². The fraction of sp³-hybridized carbons (Fsp3) is 0.449. The van der Waals surface area contributed by atoms with Crippen LogP contribution in [0.1, 0.15) is 79.4 Å². The van der Waals surface area contributed by atoms with Crippen LogP contribution in [0.4, 0.5) is 17.3 Å². The van der Waals surface area contributed by atoms with Gasteiger partial charge in [0.15, 0.2) is 17.0 Å². The Morgan fingerprint density at radius 1 is 0.923 bits per heavy atom. The molecule has 6 aromatic rings.